The van der Waals surface area contributed by atoms with Gasteiger partial charge in [0.15, 0.2) is 5.96 Å². The number of rotatable bonds is 19. The normalized spacial score (nSPS) is 21.9. The van der Waals surface area contributed by atoms with E-state index in [1.807, 2.05) is 0 Å². The third kappa shape index (κ3) is 20.1. The van der Waals surface area contributed by atoms with Crippen molar-refractivity contribution in [3.8, 4) is 5.75 Å². The van der Waals surface area contributed by atoms with Crippen molar-refractivity contribution >= 4 is 86.6 Å². The molecule has 398 valence electrons. The summed E-state index contributed by atoms with van der Waals surface area (Å²) < 4.78 is 0. The molecule has 2 heterocycles. The van der Waals surface area contributed by atoms with Crippen LogP contribution in [0.15, 0.2) is 59.6 Å². The first-order chi connectivity index (χ1) is 34.8. The summed E-state index contributed by atoms with van der Waals surface area (Å²) >= 11 is 0. The summed E-state index contributed by atoms with van der Waals surface area (Å²) in [5.41, 5.74) is 28.7. The maximum absolute atomic E-state index is 14.5. The number of benzene rings is 2. The minimum absolute atomic E-state index is 0.0157. The number of aliphatic imine (C=N–C) groups is 1. The summed E-state index contributed by atoms with van der Waals surface area (Å²) in [4.78, 5) is 141. The first-order valence-corrected chi connectivity index (χ1v) is 26.1. The predicted molar refractivity (Wildman–Crippen MR) is 272 cm³/mol. The number of amides is 10. The van der Waals surface area contributed by atoms with Crippen LogP contribution in [0.5, 0.6) is 5.75 Å². The van der Waals surface area contributed by atoms with Crippen LogP contribution >= 0.6 is 21.6 Å². The highest BCUT2D eigenvalue weighted by Crippen LogP contribution is 2.26. The smallest absolute Gasteiger partial charge is 0.246 e. The monoisotopic (exact) mass is 1050 g/mol. The van der Waals surface area contributed by atoms with Gasteiger partial charge >= 0.3 is 0 Å². The highest BCUT2D eigenvalue weighted by atomic mass is 33.1. The van der Waals surface area contributed by atoms with Gasteiger partial charge in [-0.15, -0.1) is 0 Å². The molecule has 18 N–H and O–H groups in total. The molecule has 0 radical (unpaired) electrons. The van der Waals surface area contributed by atoms with Gasteiger partial charge in [0.2, 0.25) is 59.1 Å². The van der Waals surface area contributed by atoms with Gasteiger partial charge in [-0.1, -0.05) is 64.1 Å². The molecular formula is C46H66N14O11S2. The van der Waals surface area contributed by atoms with E-state index in [9.17, 15) is 53.1 Å². The Bertz CT molecular complexity index is 2290. The standard InChI is InChI=1S/C46H66N14O11S2/c47-17-4-9-29(39(65)53-24-37(49)63)56-44(70)35-11-6-19-60(35)45(71)34-25-73-72-20-16-38(64)54-31(22-27-12-14-28(61)15-13-27)41(67)57-32(21-26-7-2-1-3-8-26)42(68)55-30(10-5-18-52-46(50)51)40(66)58-33(23-36(48)62)43(69)59-34/h1-3,7-8,12-15,29-35,61H,4-6,9-11,16-25,47H2,(H2,48,62)(H2,49,63)(H,53,65)(H,54,64)(H,55,68)(H,56,70)(H,57,67)(H,58,66)(H,59,69)(H4,50,51,52). The van der Waals surface area contributed by atoms with Crippen molar-refractivity contribution in [2.75, 3.05) is 37.7 Å². The summed E-state index contributed by atoms with van der Waals surface area (Å²) in [6, 6.07) is 5.27. The quantitative estimate of drug-likeness (QED) is 0.0277. The minimum atomic E-state index is -1.70. The minimum Gasteiger partial charge on any atom is -0.508 e. The topological polar surface area (TPSA) is 421 Å². The lowest BCUT2D eigenvalue weighted by atomic mass is 10.0. The third-order valence-corrected chi connectivity index (χ3v) is 13.9. The maximum atomic E-state index is 14.5. The van der Waals surface area contributed by atoms with Crippen LogP contribution in [-0.2, 0) is 60.8 Å². The number of guanidine groups is 1. The molecule has 73 heavy (non-hydrogen) atoms. The Balaban J connectivity index is 1.70. The molecule has 0 aromatic heterocycles. The highest BCUT2D eigenvalue weighted by molar-refractivity contribution is 8.76. The lowest BCUT2D eigenvalue weighted by molar-refractivity contribution is -0.142. The molecule has 10 amide bonds. The highest BCUT2D eigenvalue weighted by Gasteiger charge is 2.40. The molecule has 2 aliphatic heterocycles. The fourth-order valence-corrected chi connectivity index (χ4v) is 9.96. The average molecular weight is 1060 g/mol. The fraction of sp³-hybridized carbons (Fsp3) is 0.500. The number of hydrogen-bond donors (Lipinski definition) is 13. The van der Waals surface area contributed by atoms with Crippen LogP contribution in [-0.4, -0.2) is 155 Å². The number of phenols is 1. The second kappa shape index (κ2) is 30.0. The lowest BCUT2D eigenvalue weighted by Crippen LogP contribution is -2.61. The van der Waals surface area contributed by atoms with E-state index in [4.69, 9.17) is 28.7 Å². The Morgan fingerprint density at radius 2 is 1.37 bits per heavy atom. The van der Waals surface area contributed by atoms with E-state index in [1.165, 1.54) is 17.0 Å². The number of nitrogens with one attached hydrogen (secondary N) is 7. The van der Waals surface area contributed by atoms with Gasteiger partial charge in [-0.3, -0.25) is 52.9 Å². The lowest BCUT2D eigenvalue weighted by Gasteiger charge is -2.31. The molecule has 2 aliphatic rings. The number of hydrogen-bond acceptors (Lipinski definition) is 15. The molecule has 2 aromatic carbocycles. The zero-order chi connectivity index (χ0) is 53.5. The van der Waals surface area contributed by atoms with Gasteiger partial charge in [0.25, 0.3) is 0 Å². The van der Waals surface area contributed by atoms with Crippen LogP contribution in [0.4, 0.5) is 0 Å². The summed E-state index contributed by atoms with van der Waals surface area (Å²) in [5, 5.41) is 28.2. The molecule has 0 saturated carbocycles. The Labute approximate surface area is 429 Å². The van der Waals surface area contributed by atoms with E-state index in [0.717, 1.165) is 21.6 Å². The van der Waals surface area contributed by atoms with Crippen LogP contribution in [0, 0.1) is 0 Å². The van der Waals surface area contributed by atoms with Gasteiger partial charge in [0, 0.05) is 43.9 Å². The molecule has 2 fully saturated rings. The summed E-state index contributed by atoms with van der Waals surface area (Å²) in [6.45, 7) is -0.216. The van der Waals surface area contributed by atoms with Gasteiger partial charge in [-0.25, -0.2) is 0 Å². The molecule has 7 atom stereocenters. The van der Waals surface area contributed by atoms with Crippen LogP contribution in [0.2, 0.25) is 0 Å². The van der Waals surface area contributed by atoms with Crippen molar-refractivity contribution in [1.29, 1.82) is 0 Å². The molecule has 2 saturated heterocycles. The molecule has 0 bridgehead atoms. The van der Waals surface area contributed by atoms with Gasteiger partial charge in [-0.2, -0.15) is 0 Å². The van der Waals surface area contributed by atoms with Crippen molar-refractivity contribution < 1.29 is 53.1 Å². The molecule has 0 aliphatic carbocycles. The molecule has 2 aromatic rings. The molecular weight excluding hydrogens is 989 g/mol. The number of carbonyl (C=O) groups excluding carboxylic acids is 10. The van der Waals surface area contributed by atoms with Crippen LogP contribution in [0.25, 0.3) is 0 Å². The van der Waals surface area contributed by atoms with Gasteiger partial charge < -0.3 is 75.9 Å². The van der Waals surface area contributed by atoms with E-state index >= 15 is 0 Å². The van der Waals surface area contributed by atoms with Crippen molar-refractivity contribution in [3.05, 3.63) is 65.7 Å². The van der Waals surface area contributed by atoms with E-state index in [2.05, 4.69) is 42.2 Å². The molecule has 0 spiro atoms. The Morgan fingerprint density at radius 3 is 2.01 bits per heavy atom. The average Bonchev–Trinajstić information content (AvgIpc) is 3.85. The predicted octanol–water partition coefficient (Wildman–Crippen LogP) is -3.87. The molecule has 7 unspecified atom stereocenters. The number of nitrogens with zero attached hydrogens (tertiary/aromatic N) is 2. The van der Waals surface area contributed by atoms with Crippen molar-refractivity contribution in [2.45, 2.75) is 107 Å². The number of phenolic OH excluding ortho intramolecular Hbond substituents is 1. The first-order valence-electron chi connectivity index (χ1n) is 23.6. The molecule has 4 rings (SSSR count). The summed E-state index contributed by atoms with van der Waals surface area (Å²) in [7, 11) is 2.25. The van der Waals surface area contributed by atoms with Gasteiger partial charge in [0.05, 0.1) is 13.0 Å². The maximum Gasteiger partial charge on any atom is 0.246 e. The van der Waals surface area contributed by atoms with Crippen LogP contribution in [0.1, 0.15) is 62.5 Å². The van der Waals surface area contributed by atoms with Crippen molar-refractivity contribution in [3.63, 3.8) is 0 Å². The zero-order valence-corrected chi connectivity index (χ0v) is 41.8. The second-order valence-corrected chi connectivity index (χ2v) is 19.9. The number of nitrogens with two attached hydrogens (primary N) is 5. The van der Waals surface area contributed by atoms with Gasteiger partial charge in [-0.05, 0) is 68.3 Å². The van der Waals surface area contributed by atoms with E-state index in [1.54, 1.807) is 42.5 Å². The number of carbonyl (C=O) groups is 10. The largest absolute Gasteiger partial charge is 0.508 e. The zero-order valence-electron chi connectivity index (χ0n) is 40.2. The van der Waals surface area contributed by atoms with Gasteiger partial charge in [0.1, 0.15) is 48.0 Å². The number of primary amides is 2. The number of likely N-dealkylation sites (tertiary alicyclic amines) is 1. The van der Waals surface area contributed by atoms with Crippen LogP contribution in [0.3, 0.4) is 0 Å². The Morgan fingerprint density at radius 1 is 0.753 bits per heavy atom. The Hall–Kier alpha value is -7.13. The first kappa shape index (κ1) is 58.4. The fourth-order valence-electron chi connectivity index (χ4n) is 7.82. The molecule has 27 heteroatoms. The molecule has 25 nitrogen and oxygen atoms in total. The van der Waals surface area contributed by atoms with E-state index in [0.29, 0.717) is 24.0 Å². The summed E-state index contributed by atoms with van der Waals surface area (Å²) in [5.74, 6) is -8.30. The second-order valence-electron chi connectivity index (χ2n) is 17.3. The van der Waals surface area contributed by atoms with Crippen LogP contribution < -0.4 is 65.9 Å². The van der Waals surface area contributed by atoms with Crippen molar-refractivity contribution in [2.24, 2.45) is 33.7 Å². The van der Waals surface area contributed by atoms with E-state index < -0.39 is 114 Å². The van der Waals surface area contributed by atoms with E-state index in [-0.39, 0.29) is 87.8 Å². The third-order valence-electron chi connectivity index (χ3n) is 11.5. The SMILES string of the molecule is NCCCC(NC(=O)C1CCCN1C(=O)C1CSSCCC(=O)NC(Cc2ccc(O)cc2)C(=O)NC(Cc2ccccc2)C(=O)NC(CCCN=C(N)N)C(=O)NC(CC(N)=O)C(=O)N1)C(=O)NCC(N)=O. The number of aromatic hydroxyl groups is 1. The summed E-state index contributed by atoms with van der Waals surface area (Å²) in [6.07, 6.45) is -0.0540. The Kier molecular flexibility index (Phi) is 24.0. The van der Waals surface area contributed by atoms with Crippen molar-refractivity contribution in [1.82, 2.24) is 42.1 Å².